The SMILES string of the molecule is CCOC(=O)c1nnn(Cc2ccc(OC)cc2)c1Oc1ccc(-c2cccc(C3=CCOCC3)c2)cc1. The zero-order valence-electron chi connectivity index (χ0n) is 21.4. The third-order valence-electron chi connectivity index (χ3n) is 6.25. The number of methoxy groups -OCH3 is 1. The van der Waals surface area contributed by atoms with Crippen molar-refractivity contribution in [3.8, 4) is 28.5 Å². The van der Waals surface area contributed by atoms with Gasteiger partial charge in [-0.15, -0.1) is 5.10 Å². The molecule has 3 aromatic carbocycles. The summed E-state index contributed by atoms with van der Waals surface area (Å²) < 4.78 is 23.6. The average molecular weight is 512 g/mol. The Labute approximate surface area is 221 Å². The molecule has 8 heteroatoms. The van der Waals surface area contributed by atoms with E-state index in [2.05, 4.69) is 40.7 Å². The van der Waals surface area contributed by atoms with Crippen LogP contribution in [0.1, 0.15) is 35.0 Å². The van der Waals surface area contributed by atoms with Gasteiger partial charge in [-0.05, 0) is 71.5 Å². The van der Waals surface area contributed by atoms with Crippen LogP contribution in [0.2, 0.25) is 0 Å². The van der Waals surface area contributed by atoms with Crippen molar-refractivity contribution in [1.29, 1.82) is 0 Å². The summed E-state index contributed by atoms with van der Waals surface area (Å²) in [4.78, 5) is 12.6. The van der Waals surface area contributed by atoms with Crippen molar-refractivity contribution in [2.24, 2.45) is 0 Å². The van der Waals surface area contributed by atoms with E-state index in [9.17, 15) is 4.79 Å². The van der Waals surface area contributed by atoms with Crippen LogP contribution in [0.3, 0.4) is 0 Å². The lowest BCUT2D eigenvalue weighted by Crippen LogP contribution is -2.09. The summed E-state index contributed by atoms with van der Waals surface area (Å²) in [5, 5.41) is 8.22. The Morgan fingerprint density at radius 2 is 1.74 bits per heavy atom. The van der Waals surface area contributed by atoms with Crippen LogP contribution in [0.4, 0.5) is 0 Å². The van der Waals surface area contributed by atoms with Gasteiger partial charge < -0.3 is 18.9 Å². The molecule has 4 aromatic rings. The molecular weight excluding hydrogens is 482 g/mol. The second kappa shape index (κ2) is 11.7. The highest BCUT2D eigenvalue weighted by molar-refractivity contribution is 5.89. The first-order valence-electron chi connectivity index (χ1n) is 12.5. The van der Waals surface area contributed by atoms with Gasteiger partial charge in [-0.3, -0.25) is 0 Å². The van der Waals surface area contributed by atoms with Crippen molar-refractivity contribution < 1.29 is 23.7 Å². The molecule has 38 heavy (non-hydrogen) atoms. The van der Waals surface area contributed by atoms with Gasteiger partial charge in [0.05, 0.1) is 33.5 Å². The summed E-state index contributed by atoms with van der Waals surface area (Å²) in [7, 11) is 1.62. The van der Waals surface area contributed by atoms with E-state index in [0.717, 1.165) is 35.5 Å². The minimum absolute atomic E-state index is 0.0295. The van der Waals surface area contributed by atoms with E-state index in [1.165, 1.54) is 11.1 Å². The van der Waals surface area contributed by atoms with Crippen LogP contribution in [0, 0.1) is 0 Å². The fourth-order valence-corrected chi connectivity index (χ4v) is 4.26. The van der Waals surface area contributed by atoms with Crippen LogP contribution in [0.25, 0.3) is 16.7 Å². The molecule has 0 saturated carbocycles. The van der Waals surface area contributed by atoms with Crippen molar-refractivity contribution in [3.63, 3.8) is 0 Å². The fourth-order valence-electron chi connectivity index (χ4n) is 4.26. The molecule has 1 aliphatic rings. The van der Waals surface area contributed by atoms with E-state index in [0.29, 0.717) is 18.9 Å². The molecule has 0 radical (unpaired) electrons. The minimum atomic E-state index is -0.584. The standard InChI is InChI=1S/C30H29N3O5/c1-3-37-30(34)28-29(33(32-31-28)20-21-7-11-26(35-2)12-8-21)38-27-13-9-22(10-14-27)24-5-4-6-25(19-24)23-15-17-36-18-16-23/h4-15,19H,3,16-18,20H2,1-2H3. The number of esters is 1. The van der Waals surface area contributed by atoms with Gasteiger partial charge in [0.25, 0.3) is 5.88 Å². The number of hydrogen-bond donors (Lipinski definition) is 0. The second-order valence-corrected chi connectivity index (χ2v) is 8.73. The molecule has 0 amide bonds. The summed E-state index contributed by atoms with van der Waals surface area (Å²) in [6, 6.07) is 23.8. The van der Waals surface area contributed by atoms with Crippen molar-refractivity contribution in [3.05, 3.63) is 95.7 Å². The lowest BCUT2D eigenvalue weighted by Gasteiger charge is -2.15. The predicted molar refractivity (Wildman–Crippen MR) is 143 cm³/mol. The first-order chi connectivity index (χ1) is 18.6. The smallest absolute Gasteiger partial charge is 0.364 e. The first-order valence-corrected chi connectivity index (χ1v) is 12.5. The maximum atomic E-state index is 12.6. The average Bonchev–Trinajstić information content (AvgIpc) is 3.36. The lowest BCUT2D eigenvalue weighted by molar-refractivity contribution is 0.0516. The van der Waals surface area contributed by atoms with Crippen molar-refractivity contribution in [1.82, 2.24) is 15.0 Å². The van der Waals surface area contributed by atoms with Crippen LogP contribution in [0.5, 0.6) is 17.4 Å². The molecule has 2 heterocycles. The zero-order valence-corrected chi connectivity index (χ0v) is 21.4. The van der Waals surface area contributed by atoms with Crippen LogP contribution in [-0.4, -0.2) is 47.9 Å². The highest BCUT2D eigenvalue weighted by Gasteiger charge is 2.23. The maximum Gasteiger partial charge on any atom is 0.364 e. The van der Waals surface area contributed by atoms with Crippen molar-refractivity contribution in [2.45, 2.75) is 19.9 Å². The van der Waals surface area contributed by atoms with E-state index in [1.807, 2.05) is 48.5 Å². The largest absolute Gasteiger partial charge is 0.497 e. The molecule has 194 valence electrons. The van der Waals surface area contributed by atoms with Crippen LogP contribution < -0.4 is 9.47 Å². The monoisotopic (exact) mass is 511 g/mol. The molecule has 5 rings (SSSR count). The Morgan fingerprint density at radius 3 is 2.45 bits per heavy atom. The molecule has 0 aliphatic carbocycles. The van der Waals surface area contributed by atoms with E-state index in [-0.39, 0.29) is 18.2 Å². The number of ether oxygens (including phenoxy) is 4. The van der Waals surface area contributed by atoms with Gasteiger partial charge in [0.15, 0.2) is 0 Å². The molecule has 1 aromatic heterocycles. The summed E-state index contributed by atoms with van der Waals surface area (Å²) in [6.07, 6.45) is 3.06. The molecule has 0 unspecified atom stereocenters. The third kappa shape index (κ3) is 5.76. The maximum absolute atomic E-state index is 12.6. The number of hydrogen-bond acceptors (Lipinski definition) is 7. The lowest BCUT2D eigenvalue weighted by atomic mass is 9.97. The highest BCUT2D eigenvalue weighted by atomic mass is 16.5. The number of benzene rings is 3. The Hall–Kier alpha value is -4.43. The van der Waals surface area contributed by atoms with E-state index in [1.54, 1.807) is 18.7 Å². The second-order valence-electron chi connectivity index (χ2n) is 8.73. The van der Waals surface area contributed by atoms with Gasteiger partial charge in [-0.2, -0.15) is 0 Å². The Kier molecular flexibility index (Phi) is 7.80. The molecule has 0 N–H and O–H groups in total. The number of carbonyl (C=O) groups is 1. The van der Waals surface area contributed by atoms with E-state index < -0.39 is 5.97 Å². The van der Waals surface area contributed by atoms with Crippen molar-refractivity contribution >= 4 is 11.5 Å². The predicted octanol–water partition coefficient (Wildman–Crippen LogP) is 5.77. The Bertz CT molecular complexity index is 1430. The summed E-state index contributed by atoms with van der Waals surface area (Å²) in [5.41, 5.74) is 5.66. The number of aromatic nitrogens is 3. The summed E-state index contributed by atoms with van der Waals surface area (Å²) in [5.74, 6) is 0.951. The fraction of sp³-hybridized carbons (Fsp3) is 0.233. The minimum Gasteiger partial charge on any atom is -0.497 e. The van der Waals surface area contributed by atoms with Gasteiger partial charge in [-0.25, -0.2) is 9.48 Å². The molecule has 0 bridgehead atoms. The molecule has 0 atom stereocenters. The molecule has 0 spiro atoms. The van der Waals surface area contributed by atoms with Crippen LogP contribution in [-0.2, 0) is 16.0 Å². The molecule has 0 fully saturated rings. The van der Waals surface area contributed by atoms with Crippen molar-refractivity contribution in [2.75, 3.05) is 26.9 Å². The Morgan fingerprint density at radius 1 is 0.974 bits per heavy atom. The summed E-state index contributed by atoms with van der Waals surface area (Å²) in [6.45, 7) is 3.73. The van der Waals surface area contributed by atoms with Gasteiger partial charge in [0, 0.05) is 0 Å². The third-order valence-corrected chi connectivity index (χ3v) is 6.25. The van der Waals surface area contributed by atoms with Crippen LogP contribution >= 0.6 is 0 Å². The van der Waals surface area contributed by atoms with Gasteiger partial charge in [-0.1, -0.05) is 53.8 Å². The topological polar surface area (TPSA) is 84.7 Å². The number of nitrogens with zero attached hydrogens (tertiary/aromatic N) is 3. The first kappa shape index (κ1) is 25.2. The highest BCUT2D eigenvalue weighted by Crippen LogP contribution is 2.30. The Balaban J connectivity index is 1.39. The molecule has 0 saturated heterocycles. The van der Waals surface area contributed by atoms with E-state index in [4.69, 9.17) is 18.9 Å². The number of carbonyl (C=O) groups excluding carboxylic acids is 1. The van der Waals surface area contributed by atoms with Crippen LogP contribution in [0.15, 0.2) is 78.9 Å². The zero-order chi connectivity index (χ0) is 26.3. The van der Waals surface area contributed by atoms with Gasteiger partial charge >= 0.3 is 5.97 Å². The normalized spacial score (nSPS) is 13.1. The quantitative estimate of drug-likeness (QED) is 0.264. The number of rotatable bonds is 9. The molecule has 8 nitrogen and oxygen atoms in total. The molecular formula is C30H29N3O5. The van der Waals surface area contributed by atoms with E-state index >= 15 is 0 Å². The summed E-state index contributed by atoms with van der Waals surface area (Å²) >= 11 is 0. The van der Waals surface area contributed by atoms with Gasteiger partial charge in [0.1, 0.15) is 11.5 Å². The molecule has 1 aliphatic heterocycles. The van der Waals surface area contributed by atoms with Gasteiger partial charge in [0.2, 0.25) is 5.69 Å².